The van der Waals surface area contributed by atoms with Crippen molar-refractivity contribution in [2.75, 3.05) is 13.1 Å². The summed E-state index contributed by atoms with van der Waals surface area (Å²) in [7, 11) is 2.01. The van der Waals surface area contributed by atoms with Gasteiger partial charge in [-0.15, -0.1) is 0 Å². The molecule has 3 nitrogen and oxygen atoms in total. The summed E-state index contributed by atoms with van der Waals surface area (Å²) in [5.74, 6) is 0.909. The molecule has 1 saturated heterocycles. The van der Waals surface area contributed by atoms with Gasteiger partial charge in [-0.3, -0.25) is 9.58 Å². The van der Waals surface area contributed by atoms with E-state index in [1.807, 2.05) is 11.7 Å². The zero-order chi connectivity index (χ0) is 10.8. The number of aromatic nitrogens is 2. The summed E-state index contributed by atoms with van der Waals surface area (Å²) in [4.78, 5) is 2.52. The quantitative estimate of drug-likeness (QED) is 0.739. The first-order valence-electron chi connectivity index (χ1n) is 5.87. The van der Waals surface area contributed by atoms with Gasteiger partial charge in [0.2, 0.25) is 0 Å². The van der Waals surface area contributed by atoms with Gasteiger partial charge in [0.25, 0.3) is 0 Å². The largest absolute Gasteiger partial charge is 0.297 e. The van der Waals surface area contributed by atoms with Crippen molar-refractivity contribution in [3.05, 3.63) is 17.5 Å². The second-order valence-corrected chi connectivity index (χ2v) is 4.86. The van der Waals surface area contributed by atoms with E-state index in [9.17, 15) is 0 Å². The average molecular weight is 207 g/mol. The highest BCUT2D eigenvalue weighted by Gasteiger charge is 2.16. The van der Waals surface area contributed by atoms with E-state index in [1.54, 1.807) is 0 Å². The normalized spacial score (nSPS) is 19.7. The number of hydrogen-bond acceptors (Lipinski definition) is 2. The second kappa shape index (κ2) is 4.35. The molecule has 0 spiro atoms. The third kappa shape index (κ3) is 2.59. The Morgan fingerprint density at radius 3 is 2.60 bits per heavy atom. The number of nitrogens with zero attached hydrogens (tertiary/aromatic N) is 3. The standard InChI is InChI=1S/C12H21N3/c1-10-4-6-15(7-5-10)9-12-8-11(2)14(3)13-12/h8,10H,4-7,9H2,1-3H3. The first kappa shape index (κ1) is 10.7. The van der Waals surface area contributed by atoms with E-state index in [1.165, 1.54) is 37.3 Å². The average Bonchev–Trinajstić information content (AvgIpc) is 2.50. The third-order valence-electron chi connectivity index (χ3n) is 3.43. The summed E-state index contributed by atoms with van der Waals surface area (Å²) in [6.07, 6.45) is 2.68. The third-order valence-corrected chi connectivity index (χ3v) is 3.43. The Morgan fingerprint density at radius 2 is 2.07 bits per heavy atom. The molecule has 0 saturated carbocycles. The maximum atomic E-state index is 4.50. The number of likely N-dealkylation sites (tertiary alicyclic amines) is 1. The molecular formula is C12H21N3. The van der Waals surface area contributed by atoms with Crippen molar-refractivity contribution in [3.63, 3.8) is 0 Å². The molecule has 3 heteroatoms. The fraction of sp³-hybridized carbons (Fsp3) is 0.750. The molecule has 0 amide bonds. The van der Waals surface area contributed by atoms with Crippen LogP contribution in [0.3, 0.4) is 0 Å². The minimum atomic E-state index is 0.909. The van der Waals surface area contributed by atoms with Gasteiger partial charge in [0.1, 0.15) is 0 Å². The zero-order valence-corrected chi connectivity index (χ0v) is 10.0. The van der Waals surface area contributed by atoms with Gasteiger partial charge in [-0.2, -0.15) is 5.10 Å². The number of aryl methyl sites for hydroxylation is 2. The van der Waals surface area contributed by atoms with E-state index in [0.29, 0.717) is 0 Å². The minimum Gasteiger partial charge on any atom is -0.297 e. The van der Waals surface area contributed by atoms with Crippen LogP contribution in [0.2, 0.25) is 0 Å². The van der Waals surface area contributed by atoms with Gasteiger partial charge in [-0.1, -0.05) is 6.92 Å². The monoisotopic (exact) mass is 207 g/mol. The van der Waals surface area contributed by atoms with Crippen LogP contribution in [-0.4, -0.2) is 27.8 Å². The van der Waals surface area contributed by atoms with E-state index in [0.717, 1.165) is 12.5 Å². The molecule has 15 heavy (non-hydrogen) atoms. The summed E-state index contributed by atoms with van der Waals surface area (Å²) in [5.41, 5.74) is 2.46. The Hall–Kier alpha value is -0.830. The fourth-order valence-electron chi connectivity index (χ4n) is 2.16. The van der Waals surface area contributed by atoms with E-state index in [2.05, 4.69) is 29.9 Å². The highest BCUT2D eigenvalue weighted by Crippen LogP contribution is 2.17. The fourth-order valence-corrected chi connectivity index (χ4v) is 2.16. The van der Waals surface area contributed by atoms with E-state index < -0.39 is 0 Å². The number of rotatable bonds is 2. The smallest absolute Gasteiger partial charge is 0.0767 e. The first-order chi connectivity index (χ1) is 7.15. The van der Waals surface area contributed by atoms with Gasteiger partial charge in [0, 0.05) is 19.3 Å². The SMILES string of the molecule is Cc1cc(CN2CCC(C)CC2)nn1C. The van der Waals surface area contributed by atoms with E-state index in [4.69, 9.17) is 0 Å². The van der Waals surface area contributed by atoms with Crippen LogP contribution in [-0.2, 0) is 13.6 Å². The van der Waals surface area contributed by atoms with Crippen LogP contribution in [0.15, 0.2) is 6.07 Å². The molecule has 0 aromatic carbocycles. The van der Waals surface area contributed by atoms with Gasteiger partial charge in [-0.05, 0) is 44.8 Å². The van der Waals surface area contributed by atoms with Crippen LogP contribution in [0, 0.1) is 12.8 Å². The van der Waals surface area contributed by atoms with Gasteiger partial charge in [-0.25, -0.2) is 0 Å². The molecule has 1 fully saturated rings. The van der Waals surface area contributed by atoms with Crippen molar-refractivity contribution in [1.82, 2.24) is 14.7 Å². The lowest BCUT2D eigenvalue weighted by atomic mass is 9.99. The lowest BCUT2D eigenvalue weighted by molar-refractivity contribution is 0.183. The lowest BCUT2D eigenvalue weighted by Crippen LogP contribution is -2.32. The Morgan fingerprint density at radius 1 is 1.40 bits per heavy atom. The molecule has 0 atom stereocenters. The van der Waals surface area contributed by atoms with Crippen LogP contribution in [0.5, 0.6) is 0 Å². The molecule has 0 N–H and O–H groups in total. The predicted molar refractivity (Wildman–Crippen MR) is 61.6 cm³/mol. The Kier molecular flexibility index (Phi) is 3.10. The molecule has 2 heterocycles. The molecule has 1 aliphatic rings. The lowest BCUT2D eigenvalue weighted by Gasteiger charge is -2.29. The van der Waals surface area contributed by atoms with Crippen molar-refractivity contribution in [2.45, 2.75) is 33.2 Å². The van der Waals surface area contributed by atoms with Crippen molar-refractivity contribution >= 4 is 0 Å². The maximum absolute atomic E-state index is 4.50. The molecule has 0 bridgehead atoms. The zero-order valence-electron chi connectivity index (χ0n) is 10.0. The summed E-state index contributed by atoms with van der Waals surface area (Å²) in [5, 5.41) is 4.50. The van der Waals surface area contributed by atoms with Crippen LogP contribution in [0.25, 0.3) is 0 Å². The highest BCUT2D eigenvalue weighted by atomic mass is 15.3. The van der Waals surface area contributed by atoms with Crippen LogP contribution >= 0.6 is 0 Å². The Balaban J connectivity index is 1.91. The second-order valence-electron chi connectivity index (χ2n) is 4.86. The molecule has 1 aromatic rings. The summed E-state index contributed by atoms with van der Waals surface area (Å²) < 4.78 is 1.96. The number of piperidine rings is 1. The summed E-state index contributed by atoms with van der Waals surface area (Å²) >= 11 is 0. The summed E-state index contributed by atoms with van der Waals surface area (Å²) in [6, 6.07) is 2.19. The predicted octanol–water partition coefficient (Wildman–Crippen LogP) is 1.96. The van der Waals surface area contributed by atoms with Gasteiger partial charge < -0.3 is 0 Å². The van der Waals surface area contributed by atoms with Gasteiger partial charge >= 0.3 is 0 Å². The first-order valence-corrected chi connectivity index (χ1v) is 5.87. The van der Waals surface area contributed by atoms with Gasteiger partial charge in [0.15, 0.2) is 0 Å². The molecule has 84 valence electrons. The molecule has 1 aromatic heterocycles. The van der Waals surface area contributed by atoms with E-state index >= 15 is 0 Å². The van der Waals surface area contributed by atoms with Crippen LogP contribution in [0.1, 0.15) is 31.2 Å². The molecule has 0 radical (unpaired) electrons. The van der Waals surface area contributed by atoms with Crippen molar-refractivity contribution in [2.24, 2.45) is 13.0 Å². The van der Waals surface area contributed by atoms with Crippen LogP contribution < -0.4 is 0 Å². The highest BCUT2D eigenvalue weighted by molar-refractivity contribution is 5.08. The minimum absolute atomic E-state index is 0.909. The van der Waals surface area contributed by atoms with Crippen molar-refractivity contribution in [3.8, 4) is 0 Å². The molecule has 0 unspecified atom stereocenters. The molecular weight excluding hydrogens is 186 g/mol. The maximum Gasteiger partial charge on any atom is 0.0767 e. The molecule has 1 aliphatic heterocycles. The Bertz CT molecular complexity index is 302. The summed E-state index contributed by atoms with van der Waals surface area (Å²) in [6.45, 7) is 7.94. The van der Waals surface area contributed by atoms with Crippen molar-refractivity contribution in [1.29, 1.82) is 0 Å². The van der Waals surface area contributed by atoms with Gasteiger partial charge in [0.05, 0.1) is 5.69 Å². The van der Waals surface area contributed by atoms with Crippen molar-refractivity contribution < 1.29 is 0 Å². The molecule has 2 rings (SSSR count). The van der Waals surface area contributed by atoms with Crippen LogP contribution in [0.4, 0.5) is 0 Å². The topological polar surface area (TPSA) is 21.1 Å². The van der Waals surface area contributed by atoms with E-state index in [-0.39, 0.29) is 0 Å². The molecule has 0 aliphatic carbocycles. The number of hydrogen-bond donors (Lipinski definition) is 0. The Labute approximate surface area is 92.1 Å².